The summed E-state index contributed by atoms with van der Waals surface area (Å²) in [7, 11) is 0. The second-order valence-corrected chi connectivity index (χ2v) is 2.28. The van der Waals surface area contributed by atoms with Crippen LogP contribution in [0.1, 0.15) is 11.3 Å². The Kier molecular flexibility index (Phi) is 1.83. The van der Waals surface area contributed by atoms with Gasteiger partial charge in [-0.1, -0.05) is 5.92 Å². The smallest absolute Gasteiger partial charge is 0.197 e. The van der Waals surface area contributed by atoms with E-state index in [0.29, 0.717) is 10.5 Å². The molecule has 0 aromatic carbocycles. The molecule has 0 atom stereocenters. The first-order valence-electron chi connectivity index (χ1n) is 2.76. The van der Waals surface area contributed by atoms with Crippen molar-refractivity contribution in [1.82, 2.24) is 9.97 Å². The molecule has 1 aromatic rings. The highest BCUT2D eigenvalue weighted by Gasteiger charge is 1.91. The Bertz CT molecular complexity index is 332. The van der Waals surface area contributed by atoms with E-state index in [9.17, 15) is 0 Å². The van der Waals surface area contributed by atoms with Gasteiger partial charge in [-0.05, 0) is 24.7 Å². The highest BCUT2D eigenvalue weighted by molar-refractivity contribution is 7.71. The fraction of sp³-hybridized carbons (Fsp3) is 0.143. The summed E-state index contributed by atoms with van der Waals surface area (Å²) in [4.78, 5) is 6.64. The van der Waals surface area contributed by atoms with Gasteiger partial charge >= 0.3 is 0 Å². The zero-order valence-corrected chi connectivity index (χ0v) is 6.33. The SMILES string of the molecule is C#Cc1[nH]c(=S)ncc1C. The third-order valence-electron chi connectivity index (χ3n) is 1.15. The van der Waals surface area contributed by atoms with Gasteiger partial charge in [0.15, 0.2) is 4.77 Å². The van der Waals surface area contributed by atoms with E-state index in [1.807, 2.05) is 6.92 Å². The third-order valence-corrected chi connectivity index (χ3v) is 1.35. The molecule has 50 valence electrons. The predicted octanol–water partition coefficient (Wildman–Crippen LogP) is 1.43. The van der Waals surface area contributed by atoms with Gasteiger partial charge in [-0.25, -0.2) is 4.98 Å². The number of hydrogen-bond donors (Lipinski definition) is 1. The molecule has 0 bridgehead atoms. The lowest BCUT2D eigenvalue weighted by molar-refractivity contribution is 1.08. The highest BCUT2D eigenvalue weighted by Crippen LogP contribution is 1.98. The molecule has 0 aliphatic heterocycles. The molecule has 1 N–H and O–H groups in total. The van der Waals surface area contributed by atoms with Crippen molar-refractivity contribution in [2.24, 2.45) is 0 Å². The second-order valence-electron chi connectivity index (χ2n) is 1.89. The van der Waals surface area contributed by atoms with Crippen LogP contribution in [0, 0.1) is 24.0 Å². The van der Waals surface area contributed by atoms with Gasteiger partial charge in [0.25, 0.3) is 0 Å². The van der Waals surface area contributed by atoms with Gasteiger partial charge in [-0.2, -0.15) is 0 Å². The van der Waals surface area contributed by atoms with E-state index in [1.54, 1.807) is 6.20 Å². The standard InChI is InChI=1S/C7H6N2S/c1-3-6-5(2)4-8-7(10)9-6/h1,4H,2H3,(H,8,9,10). The predicted molar refractivity (Wildman–Crippen MR) is 42.1 cm³/mol. The topological polar surface area (TPSA) is 28.7 Å². The highest BCUT2D eigenvalue weighted by atomic mass is 32.1. The number of hydrogen-bond acceptors (Lipinski definition) is 2. The van der Waals surface area contributed by atoms with Crippen LogP contribution in [0.2, 0.25) is 0 Å². The van der Waals surface area contributed by atoms with Crippen LogP contribution in [0.3, 0.4) is 0 Å². The molecule has 0 aliphatic rings. The van der Waals surface area contributed by atoms with Crippen molar-refractivity contribution < 1.29 is 0 Å². The number of aromatic amines is 1. The van der Waals surface area contributed by atoms with Crippen LogP contribution in [-0.2, 0) is 0 Å². The summed E-state index contributed by atoms with van der Waals surface area (Å²) in [6, 6.07) is 0. The third kappa shape index (κ3) is 1.23. The second kappa shape index (κ2) is 2.63. The number of rotatable bonds is 0. The lowest BCUT2D eigenvalue weighted by Gasteiger charge is -1.94. The molecule has 0 radical (unpaired) electrons. The Morgan fingerprint density at radius 2 is 2.50 bits per heavy atom. The Balaban J connectivity index is 3.40. The van der Waals surface area contributed by atoms with Crippen LogP contribution in [0.25, 0.3) is 0 Å². The summed E-state index contributed by atoms with van der Waals surface area (Å²) in [5.41, 5.74) is 1.65. The van der Waals surface area contributed by atoms with Crippen LogP contribution in [0.15, 0.2) is 6.20 Å². The average molecular weight is 150 g/mol. The van der Waals surface area contributed by atoms with Crippen LogP contribution in [0.4, 0.5) is 0 Å². The molecule has 0 saturated carbocycles. The molecule has 0 fully saturated rings. The summed E-state index contributed by atoms with van der Waals surface area (Å²) < 4.78 is 0.429. The lowest BCUT2D eigenvalue weighted by Crippen LogP contribution is -1.89. The zero-order chi connectivity index (χ0) is 7.56. The van der Waals surface area contributed by atoms with Gasteiger partial charge in [0.1, 0.15) is 0 Å². The molecule has 1 aromatic heterocycles. The Morgan fingerprint density at radius 1 is 1.80 bits per heavy atom. The van der Waals surface area contributed by atoms with Gasteiger partial charge in [-0.15, -0.1) is 6.42 Å². The van der Waals surface area contributed by atoms with E-state index in [2.05, 4.69) is 15.9 Å². The molecule has 1 heterocycles. The molecule has 0 spiro atoms. The number of terminal acetylenes is 1. The first-order valence-corrected chi connectivity index (χ1v) is 3.17. The minimum atomic E-state index is 0.429. The monoisotopic (exact) mass is 150 g/mol. The molecule has 0 unspecified atom stereocenters. The Morgan fingerprint density at radius 3 is 3.00 bits per heavy atom. The van der Waals surface area contributed by atoms with E-state index in [-0.39, 0.29) is 0 Å². The normalized spacial score (nSPS) is 8.80. The van der Waals surface area contributed by atoms with Gasteiger partial charge in [0, 0.05) is 6.20 Å². The Labute approximate surface area is 64.3 Å². The van der Waals surface area contributed by atoms with E-state index in [4.69, 9.17) is 18.6 Å². The van der Waals surface area contributed by atoms with E-state index >= 15 is 0 Å². The summed E-state index contributed by atoms with van der Waals surface area (Å²) in [6.07, 6.45) is 6.82. The van der Waals surface area contributed by atoms with E-state index in [1.165, 1.54) is 0 Å². The minimum Gasteiger partial charge on any atom is -0.324 e. The molecule has 0 amide bonds. The van der Waals surface area contributed by atoms with Gasteiger partial charge < -0.3 is 4.98 Å². The molecule has 1 rings (SSSR count). The van der Waals surface area contributed by atoms with Crippen molar-refractivity contribution in [3.63, 3.8) is 0 Å². The van der Waals surface area contributed by atoms with Crippen molar-refractivity contribution in [3.05, 3.63) is 22.2 Å². The van der Waals surface area contributed by atoms with Crippen molar-refractivity contribution in [3.8, 4) is 12.3 Å². The first kappa shape index (κ1) is 6.97. The molecule has 0 saturated heterocycles. The van der Waals surface area contributed by atoms with Crippen molar-refractivity contribution in [1.29, 1.82) is 0 Å². The van der Waals surface area contributed by atoms with Gasteiger partial charge in [-0.3, -0.25) is 0 Å². The average Bonchev–Trinajstić information content (AvgIpc) is 1.94. The number of H-pyrrole nitrogens is 1. The quantitative estimate of drug-likeness (QED) is 0.447. The van der Waals surface area contributed by atoms with Gasteiger partial charge in [0.05, 0.1) is 5.69 Å². The first-order chi connectivity index (χ1) is 4.74. The van der Waals surface area contributed by atoms with Crippen molar-refractivity contribution in [2.45, 2.75) is 6.92 Å². The maximum Gasteiger partial charge on any atom is 0.197 e. The van der Waals surface area contributed by atoms with Gasteiger partial charge in [0.2, 0.25) is 0 Å². The fourth-order valence-corrected chi connectivity index (χ4v) is 0.762. The number of nitrogens with one attached hydrogen (secondary N) is 1. The van der Waals surface area contributed by atoms with Crippen molar-refractivity contribution >= 4 is 12.2 Å². The molecule has 2 nitrogen and oxygen atoms in total. The van der Waals surface area contributed by atoms with Crippen molar-refractivity contribution in [2.75, 3.05) is 0 Å². The summed E-state index contributed by atoms with van der Waals surface area (Å²) >= 11 is 4.76. The van der Waals surface area contributed by atoms with Crippen LogP contribution in [-0.4, -0.2) is 9.97 Å². The van der Waals surface area contributed by atoms with E-state index < -0.39 is 0 Å². The Hall–Kier alpha value is -1.14. The minimum absolute atomic E-state index is 0.429. The number of aryl methyl sites for hydroxylation is 1. The fourth-order valence-electron chi connectivity index (χ4n) is 0.608. The molecule has 10 heavy (non-hydrogen) atoms. The molecule has 0 aliphatic carbocycles. The van der Waals surface area contributed by atoms with Crippen LogP contribution < -0.4 is 0 Å². The maximum atomic E-state index is 5.16. The molecular formula is C7H6N2S. The summed E-state index contributed by atoms with van der Waals surface area (Å²) in [5, 5.41) is 0. The molecule has 3 heteroatoms. The maximum absolute atomic E-state index is 5.16. The molecular weight excluding hydrogens is 144 g/mol. The van der Waals surface area contributed by atoms with Crippen LogP contribution >= 0.6 is 12.2 Å². The summed E-state index contributed by atoms with van der Waals surface area (Å²) in [6.45, 7) is 1.88. The number of aromatic nitrogens is 2. The van der Waals surface area contributed by atoms with E-state index in [0.717, 1.165) is 5.56 Å². The number of nitrogens with zero attached hydrogens (tertiary/aromatic N) is 1. The largest absolute Gasteiger partial charge is 0.324 e. The summed E-state index contributed by atoms with van der Waals surface area (Å²) in [5.74, 6) is 2.47. The van der Waals surface area contributed by atoms with Crippen LogP contribution in [0.5, 0.6) is 0 Å². The lowest BCUT2D eigenvalue weighted by atomic mass is 10.3. The zero-order valence-electron chi connectivity index (χ0n) is 5.51.